The second kappa shape index (κ2) is 8.48. The summed E-state index contributed by atoms with van der Waals surface area (Å²) in [6, 6.07) is 12.2. The van der Waals surface area contributed by atoms with Crippen LogP contribution in [0.5, 0.6) is 5.88 Å². The predicted molar refractivity (Wildman–Crippen MR) is 108 cm³/mol. The standard InChI is InChI=1S/C19H20ClN5O3S/c20-16-4-2-15(3-5-16)14-29(26,27)24-12-8-17(9-13-24)28-19-7-6-18(22-23-19)25-11-1-10-21-25/h1-7,10-11,17H,8-9,12-14H2. The van der Waals surface area contributed by atoms with E-state index >= 15 is 0 Å². The fourth-order valence-corrected chi connectivity index (χ4v) is 4.87. The van der Waals surface area contributed by atoms with Gasteiger partial charge in [0.25, 0.3) is 0 Å². The minimum atomic E-state index is -3.38. The molecule has 1 aliphatic heterocycles. The van der Waals surface area contributed by atoms with E-state index < -0.39 is 10.0 Å². The zero-order valence-electron chi connectivity index (χ0n) is 15.6. The fraction of sp³-hybridized carbons (Fsp3) is 0.316. The quantitative estimate of drug-likeness (QED) is 0.593. The Balaban J connectivity index is 1.31. The molecule has 29 heavy (non-hydrogen) atoms. The molecule has 0 amide bonds. The van der Waals surface area contributed by atoms with E-state index in [-0.39, 0.29) is 11.9 Å². The predicted octanol–water partition coefficient (Wildman–Crippen LogP) is 2.69. The molecule has 0 unspecified atom stereocenters. The number of rotatable bonds is 6. The van der Waals surface area contributed by atoms with Crippen molar-refractivity contribution in [1.82, 2.24) is 24.3 Å². The third-order valence-corrected chi connectivity index (χ3v) is 6.81. The monoisotopic (exact) mass is 433 g/mol. The Morgan fingerprint density at radius 2 is 1.83 bits per heavy atom. The third kappa shape index (κ3) is 4.92. The van der Waals surface area contributed by atoms with Crippen LogP contribution in [-0.2, 0) is 15.8 Å². The van der Waals surface area contributed by atoms with E-state index in [0.29, 0.717) is 42.7 Å². The van der Waals surface area contributed by atoms with Crippen LogP contribution in [0.4, 0.5) is 0 Å². The van der Waals surface area contributed by atoms with Gasteiger partial charge < -0.3 is 4.74 Å². The normalized spacial score (nSPS) is 16.0. The highest BCUT2D eigenvalue weighted by molar-refractivity contribution is 7.88. The van der Waals surface area contributed by atoms with Gasteiger partial charge in [-0.2, -0.15) is 5.10 Å². The van der Waals surface area contributed by atoms with Gasteiger partial charge >= 0.3 is 0 Å². The average molecular weight is 434 g/mol. The van der Waals surface area contributed by atoms with Crippen molar-refractivity contribution in [3.63, 3.8) is 0 Å². The molecule has 1 fully saturated rings. The van der Waals surface area contributed by atoms with Crippen molar-refractivity contribution in [3.05, 3.63) is 65.4 Å². The lowest BCUT2D eigenvalue weighted by Gasteiger charge is -2.31. The zero-order valence-corrected chi connectivity index (χ0v) is 17.1. The molecule has 0 N–H and O–H groups in total. The van der Waals surface area contributed by atoms with Gasteiger partial charge in [-0.15, -0.1) is 10.2 Å². The maximum atomic E-state index is 12.7. The number of aromatic nitrogens is 4. The van der Waals surface area contributed by atoms with E-state index in [1.165, 1.54) is 4.31 Å². The van der Waals surface area contributed by atoms with Gasteiger partial charge in [0.15, 0.2) is 5.82 Å². The molecule has 1 aromatic carbocycles. The maximum Gasteiger partial charge on any atom is 0.233 e. The highest BCUT2D eigenvalue weighted by atomic mass is 35.5. The van der Waals surface area contributed by atoms with Crippen molar-refractivity contribution in [3.8, 4) is 11.7 Å². The summed E-state index contributed by atoms with van der Waals surface area (Å²) in [4.78, 5) is 0. The number of piperidine rings is 1. The second-order valence-electron chi connectivity index (χ2n) is 6.78. The van der Waals surface area contributed by atoms with Gasteiger partial charge in [0, 0.05) is 36.6 Å². The number of ether oxygens (including phenoxy) is 1. The Morgan fingerprint density at radius 3 is 2.45 bits per heavy atom. The highest BCUT2D eigenvalue weighted by Gasteiger charge is 2.29. The van der Waals surface area contributed by atoms with E-state index in [0.717, 1.165) is 5.56 Å². The third-order valence-electron chi connectivity index (χ3n) is 4.71. The van der Waals surface area contributed by atoms with Crippen LogP contribution < -0.4 is 4.74 Å². The van der Waals surface area contributed by atoms with Crippen LogP contribution in [0.2, 0.25) is 5.02 Å². The molecule has 0 saturated carbocycles. The van der Waals surface area contributed by atoms with Crippen LogP contribution >= 0.6 is 11.6 Å². The summed E-state index contributed by atoms with van der Waals surface area (Å²) in [6.45, 7) is 0.832. The Bertz CT molecular complexity index is 1030. The fourth-order valence-electron chi connectivity index (χ4n) is 3.18. The molecule has 0 spiro atoms. The minimum absolute atomic E-state index is 0.0317. The van der Waals surface area contributed by atoms with Gasteiger partial charge in [-0.1, -0.05) is 23.7 Å². The second-order valence-corrected chi connectivity index (χ2v) is 9.18. The van der Waals surface area contributed by atoms with Gasteiger partial charge in [-0.25, -0.2) is 17.4 Å². The summed E-state index contributed by atoms with van der Waals surface area (Å²) in [5.41, 5.74) is 0.723. The Kier molecular flexibility index (Phi) is 5.79. The van der Waals surface area contributed by atoms with Crippen molar-refractivity contribution in [2.45, 2.75) is 24.7 Å². The van der Waals surface area contributed by atoms with E-state index in [1.807, 2.05) is 0 Å². The summed E-state index contributed by atoms with van der Waals surface area (Å²) in [7, 11) is -3.38. The molecule has 1 saturated heterocycles. The molecule has 8 nitrogen and oxygen atoms in total. The molecule has 0 radical (unpaired) electrons. The van der Waals surface area contributed by atoms with Crippen LogP contribution in [0.1, 0.15) is 18.4 Å². The van der Waals surface area contributed by atoms with Gasteiger partial charge in [-0.3, -0.25) is 0 Å². The Labute approximate surface area is 174 Å². The molecule has 2 aromatic heterocycles. The van der Waals surface area contributed by atoms with Crippen molar-refractivity contribution < 1.29 is 13.2 Å². The summed E-state index contributed by atoms with van der Waals surface area (Å²) < 4.78 is 34.4. The average Bonchev–Trinajstić information content (AvgIpc) is 3.25. The summed E-state index contributed by atoms with van der Waals surface area (Å²) in [6.07, 6.45) is 4.55. The van der Waals surface area contributed by atoms with Crippen LogP contribution in [0.15, 0.2) is 54.9 Å². The molecule has 1 aliphatic rings. The number of halogens is 1. The Morgan fingerprint density at radius 1 is 1.07 bits per heavy atom. The molecule has 10 heteroatoms. The van der Waals surface area contributed by atoms with Gasteiger partial charge in [0.1, 0.15) is 6.10 Å². The lowest BCUT2D eigenvalue weighted by Crippen LogP contribution is -2.42. The van der Waals surface area contributed by atoms with Crippen molar-refractivity contribution in [2.75, 3.05) is 13.1 Å². The van der Waals surface area contributed by atoms with Gasteiger partial charge in [-0.05, 0) is 42.7 Å². The van der Waals surface area contributed by atoms with Crippen LogP contribution in [0, 0.1) is 0 Å². The molecular weight excluding hydrogens is 414 g/mol. The van der Waals surface area contributed by atoms with Gasteiger partial charge in [0.2, 0.25) is 15.9 Å². The van der Waals surface area contributed by atoms with E-state index in [4.69, 9.17) is 16.3 Å². The minimum Gasteiger partial charge on any atom is -0.473 e. The maximum absolute atomic E-state index is 12.7. The number of sulfonamides is 1. The lowest BCUT2D eigenvalue weighted by molar-refractivity contribution is 0.128. The highest BCUT2D eigenvalue weighted by Crippen LogP contribution is 2.21. The van der Waals surface area contributed by atoms with E-state index in [9.17, 15) is 8.42 Å². The largest absolute Gasteiger partial charge is 0.473 e. The van der Waals surface area contributed by atoms with Crippen LogP contribution in [0.3, 0.4) is 0 Å². The summed E-state index contributed by atoms with van der Waals surface area (Å²) in [5.74, 6) is 0.990. The number of benzene rings is 1. The first-order chi connectivity index (χ1) is 14.0. The summed E-state index contributed by atoms with van der Waals surface area (Å²) >= 11 is 5.86. The van der Waals surface area contributed by atoms with Gasteiger partial charge in [0.05, 0.1) is 5.75 Å². The van der Waals surface area contributed by atoms with Crippen molar-refractivity contribution >= 4 is 21.6 Å². The molecule has 0 aliphatic carbocycles. The number of hydrogen-bond donors (Lipinski definition) is 0. The number of hydrogen-bond acceptors (Lipinski definition) is 6. The van der Waals surface area contributed by atoms with Crippen LogP contribution in [0.25, 0.3) is 5.82 Å². The Hall–Kier alpha value is -2.49. The summed E-state index contributed by atoms with van der Waals surface area (Å²) in [5, 5.41) is 12.9. The first kappa shape index (κ1) is 19.8. The zero-order chi connectivity index (χ0) is 20.3. The lowest BCUT2D eigenvalue weighted by atomic mass is 10.1. The molecule has 152 valence electrons. The molecule has 0 bridgehead atoms. The number of nitrogens with zero attached hydrogens (tertiary/aromatic N) is 5. The molecular formula is C19H20ClN5O3S. The van der Waals surface area contributed by atoms with Crippen molar-refractivity contribution in [1.29, 1.82) is 0 Å². The molecule has 4 rings (SSSR count). The molecule has 3 aromatic rings. The topological polar surface area (TPSA) is 90.2 Å². The van der Waals surface area contributed by atoms with E-state index in [1.54, 1.807) is 59.5 Å². The SMILES string of the molecule is O=S(=O)(Cc1ccc(Cl)cc1)N1CCC(Oc2ccc(-n3cccn3)nn2)CC1. The van der Waals surface area contributed by atoms with Crippen molar-refractivity contribution in [2.24, 2.45) is 0 Å². The van der Waals surface area contributed by atoms with Crippen LogP contribution in [-0.4, -0.2) is 51.9 Å². The first-order valence-corrected chi connectivity index (χ1v) is 11.2. The smallest absolute Gasteiger partial charge is 0.233 e. The molecule has 0 atom stereocenters. The molecule has 3 heterocycles. The first-order valence-electron chi connectivity index (χ1n) is 9.22. The van der Waals surface area contributed by atoms with E-state index in [2.05, 4.69) is 15.3 Å².